The van der Waals surface area contributed by atoms with E-state index >= 15 is 0 Å². The zero-order chi connectivity index (χ0) is 17.5. The summed E-state index contributed by atoms with van der Waals surface area (Å²) in [4.78, 5) is 23.5. The quantitative estimate of drug-likeness (QED) is 0.424. The first-order valence-corrected chi connectivity index (χ1v) is 7.34. The van der Waals surface area contributed by atoms with Gasteiger partial charge in [0.25, 0.3) is 0 Å². The Balaban J connectivity index is 4.56. The molecule has 126 valence electrons. The van der Waals surface area contributed by atoms with Crippen LogP contribution in [0.15, 0.2) is 23.8 Å². The van der Waals surface area contributed by atoms with Gasteiger partial charge >= 0.3 is 11.9 Å². The predicted octanol–water partition coefficient (Wildman–Crippen LogP) is 2.64. The van der Waals surface area contributed by atoms with Crippen LogP contribution in [0.2, 0.25) is 0 Å². The Kier molecular flexibility index (Phi) is 8.09. The summed E-state index contributed by atoms with van der Waals surface area (Å²) in [5.74, 6) is -0.941. The third-order valence-corrected chi connectivity index (χ3v) is 3.39. The minimum absolute atomic E-state index is 0.0493. The van der Waals surface area contributed by atoms with Crippen molar-refractivity contribution in [2.24, 2.45) is 11.3 Å². The summed E-state index contributed by atoms with van der Waals surface area (Å²) in [6.45, 7) is 14.0. The zero-order valence-electron chi connectivity index (χ0n) is 14.4. The second kappa shape index (κ2) is 8.73. The summed E-state index contributed by atoms with van der Waals surface area (Å²) in [7, 11) is 0. The van der Waals surface area contributed by atoms with Gasteiger partial charge in [0.15, 0.2) is 0 Å². The van der Waals surface area contributed by atoms with Crippen molar-refractivity contribution in [3.63, 3.8) is 0 Å². The molecule has 0 aromatic heterocycles. The third-order valence-electron chi connectivity index (χ3n) is 3.39. The lowest BCUT2D eigenvalue weighted by molar-refractivity contribution is -0.159. The van der Waals surface area contributed by atoms with Crippen molar-refractivity contribution in [2.45, 2.75) is 47.6 Å². The molecule has 0 saturated heterocycles. The van der Waals surface area contributed by atoms with Crippen LogP contribution in [0.1, 0.15) is 41.5 Å². The normalized spacial score (nSPS) is 14.7. The molecule has 0 rings (SSSR count). The third kappa shape index (κ3) is 6.43. The van der Waals surface area contributed by atoms with E-state index in [1.165, 1.54) is 6.92 Å². The monoisotopic (exact) mass is 312 g/mol. The van der Waals surface area contributed by atoms with Gasteiger partial charge in [0.05, 0.1) is 5.41 Å². The SMILES string of the molecule is C=C(C)C(=O)OCC(O)COC(=O)C(C)(C=C(C)C)C(C)C. The van der Waals surface area contributed by atoms with Gasteiger partial charge in [0.1, 0.15) is 19.3 Å². The highest BCUT2D eigenvalue weighted by molar-refractivity contribution is 5.86. The molecule has 0 bridgehead atoms. The highest BCUT2D eigenvalue weighted by Crippen LogP contribution is 2.31. The highest BCUT2D eigenvalue weighted by Gasteiger charge is 2.36. The Morgan fingerprint density at radius 2 is 1.68 bits per heavy atom. The van der Waals surface area contributed by atoms with E-state index in [4.69, 9.17) is 9.47 Å². The standard InChI is InChI=1S/C17H28O5/c1-11(2)8-17(7,13(5)6)16(20)22-10-14(18)9-21-15(19)12(3)4/h8,13-14,18H,3,9-10H2,1-2,4-7H3. The van der Waals surface area contributed by atoms with Crippen molar-refractivity contribution in [2.75, 3.05) is 13.2 Å². The Morgan fingerprint density at radius 3 is 2.09 bits per heavy atom. The van der Waals surface area contributed by atoms with Crippen molar-refractivity contribution >= 4 is 11.9 Å². The van der Waals surface area contributed by atoms with E-state index in [9.17, 15) is 14.7 Å². The number of allylic oxidation sites excluding steroid dienone is 1. The van der Waals surface area contributed by atoms with Crippen molar-refractivity contribution in [1.82, 2.24) is 0 Å². The van der Waals surface area contributed by atoms with Crippen LogP contribution in [0.5, 0.6) is 0 Å². The van der Waals surface area contributed by atoms with Gasteiger partial charge in [0.2, 0.25) is 0 Å². The summed E-state index contributed by atoms with van der Waals surface area (Å²) < 4.78 is 9.98. The predicted molar refractivity (Wildman–Crippen MR) is 85.1 cm³/mol. The van der Waals surface area contributed by atoms with Crippen LogP contribution in [-0.4, -0.2) is 36.4 Å². The molecule has 0 heterocycles. The molecule has 22 heavy (non-hydrogen) atoms. The molecule has 0 spiro atoms. The first-order chi connectivity index (χ1) is 10.0. The van der Waals surface area contributed by atoms with E-state index < -0.39 is 23.5 Å². The fourth-order valence-electron chi connectivity index (χ4n) is 1.73. The molecule has 5 heteroatoms. The Bertz CT molecular complexity index is 446. The van der Waals surface area contributed by atoms with E-state index in [1.807, 2.05) is 33.8 Å². The Morgan fingerprint density at radius 1 is 1.18 bits per heavy atom. The van der Waals surface area contributed by atoms with Crippen molar-refractivity contribution in [3.8, 4) is 0 Å². The first-order valence-electron chi connectivity index (χ1n) is 7.34. The minimum Gasteiger partial charge on any atom is -0.462 e. The van der Waals surface area contributed by atoms with Gasteiger partial charge in [0, 0.05) is 5.57 Å². The highest BCUT2D eigenvalue weighted by atomic mass is 16.6. The van der Waals surface area contributed by atoms with Gasteiger partial charge in [-0.25, -0.2) is 4.79 Å². The number of carbonyl (C=O) groups is 2. The van der Waals surface area contributed by atoms with Crippen LogP contribution in [0.4, 0.5) is 0 Å². The number of aliphatic hydroxyl groups excluding tert-OH is 1. The van der Waals surface area contributed by atoms with Gasteiger partial charge in [-0.05, 0) is 33.6 Å². The van der Waals surface area contributed by atoms with Gasteiger partial charge in [-0.1, -0.05) is 32.1 Å². The van der Waals surface area contributed by atoms with Gasteiger partial charge < -0.3 is 14.6 Å². The van der Waals surface area contributed by atoms with Crippen molar-refractivity contribution in [3.05, 3.63) is 23.8 Å². The van der Waals surface area contributed by atoms with Crippen LogP contribution in [0.3, 0.4) is 0 Å². The van der Waals surface area contributed by atoms with Crippen LogP contribution >= 0.6 is 0 Å². The molecule has 0 aromatic carbocycles. The maximum atomic E-state index is 12.3. The van der Waals surface area contributed by atoms with Crippen LogP contribution in [-0.2, 0) is 19.1 Å². The zero-order valence-corrected chi connectivity index (χ0v) is 14.4. The number of hydrogen-bond acceptors (Lipinski definition) is 5. The van der Waals surface area contributed by atoms with Crippen LogP contribution in [0, 0.1) is 11.3 Å². The fraction of sp³-hybridized carbons (Fsp3) is 0.647. The number of esters is 2. The van der Waals surface area contributed by atoms with Gasteiger partial charge in [-0.15, -0.1) is 0 Å². The second-order valence-corrected chi connectivity index (χ2v) is 6.29. The molecule has 0 aliphatic carbocycles. The Hall–Kier alpha value is -1.62. The van der Waals surface area contributed by atoms with Crippen LogP contribution < -0.4 is 0 Å². The number of rotatable bonds is 8. The molecule has 0 aliphatic heterocycles. The summed E-state index contributed by atoms with van der Waals surface area (Å²) in [6, 6.07) is 0. The lowest BCUT2D eigenvalue weighted by atomic mass is 9.78. The van der Waals surface area contributed by atoms with E-state index in [0.29, 0.717) is 0 Å². The topological polar surface area (TPSA) is 72.8 Å². The number of carbonyl (C=O) groups excluding carboxylic acids is 2. The minimum atomic E-state index is -1.06. The molecule has 1 N–H and O–H groups in total. The van der Waals surface area contributed by atoms with E-state index in [-0.39, 0.29) is 24.7 Å². The number of hydrogen-bond donors (Lipinski definition) is 1. The summed E-state index contributed by atoms with van der Waals surface area (Å²) in [5, 5.41) is 9.72. The molecule has 2 atom stereocenters. The molecule has 0 radical (unpaired) electrons. The molecule has 0 aliphatic rings. The van der Waals surface area contributed by atoms with Crippen molar-refractivity contribution < 1.29 is 24.2 Å². The number of ether oxygens (including phenoxy) is 2. The second-order valence-electron chi connectivity index (χ2n) is 6.29. The lowest BCUT2D eigenvalue weighted by Crippen LogP contribution is -2.36. The molecular weight excluding hydrogens is 284 g/mol. The fourth-order valence-corrected chi connectivity index (χ4v) is 1.73. The molecular formula is C17H28O5. The largest absolute Gasteiger partial charge is 0.462 e. The van der Waals surface area contributed by atoms with E-state index in [1.54, 1.807) is 6.92 Å². The van der Waals surface area contributed by atoms with Crippen molar-refractivity contribution in [1.29, 1.82) is 0 Å². The van der Waals surface area contributed by atoms with E-state index in [0.717, 1.165) is 5.57 Å². The molecule has 0 saturated carbocycles. The van der Waals surface area contributed by atoms with E-state index in [2.05, 4.69) is 6.58 Å². The maximum absolute atomic E-state index is 12.3. The first kappa shape index (κ1) is 20.4. The molecule has 5 nitrogen and oxygen atoms in total. The lowest BCUT2D eigenvalue weighted by Gasteiger charge is -2.29. The molecule has 0 amide bonds. The smallest absolute Gasteiger partial charge is 0.333 e. The summed E-state index contributed by atoms with van der Waals surface area (Å²) in [6.07, 6.45) is 0.809. The average Bonchev–Trinajstić information content (AvgIpc) is 2.40. The van der Waals surface area contributed by atoms with Gasteiger partial charge in [-0.2, -0.15) is 0 Å². The summed E-state index contributed by atoms with van der Waals surface area (Å²) >= 11 is 0. The molecule has 0 aromatic rings. The molecule has 0 fully saturated rings. The maximum Gasteiger partial charge on any atom is 0.333 e. The Labute approximate surface area is 133 Å². The average molecular weight is 312 g/mol. The van der Waals surface area contributed by atoms with Gasteiger partial charge in [-0.3, -0.25) is 4.79 Å². The van der Waals surface area contributed by atoms with Crippen LogP contribution in [0.25, 0.3) is 0 Å². The molecule has 2 unspecified atom stereocenters. The summed E-state index contributed by atoms with van der Waals surface area (Å²) in [5.41, 5.74) is 0.511. The number of aliphatic hydroxyl groups is 1.